The molecule has 31 heavy (non-hydrogen) atoms. The van der Waals surface area contributed by atoms with Crippen molar-refractivity contribution in [1.29, 1.82) is 0 Å². The summed E-state index contributed by atoms with van der Waals surface area (Å²) in [4.78, 5) is 22.9. The maximum Gasteiger partial charge on any atom is 0.237 e. The van der Waals surface area contributed by atoms with Crippen LogP contribution in [0.2, 0.25) is 0 Å². The van der Waals surface area contributed by atoms with Crippen LogP contribution in [0.4, 0.5) is 25.8 Å². The fraction of sp³-hybridized carbons (Fsp3) is 0.208. The van der Waals surface area contributed by atoms with E-state index < -0.39 is 11.7 Å². The molecular formula is C24H20F2N4O. The summed E-state index contributed by atoms with van der Waals surface area (Å²) in [5.74, 6) is -1.76. The molecule has 1 fully saturated rings. The molecule has 0 bridgehead atoms. The van der Waals surface area contributed by atoms with E-state index in [4.69, 9.17) is 0 Å². The van der Waals surface area contributed by atoms with Crippen LogP contribution in [-0.4, -0.2) is 30.2 Å². The van der Waals surface area contributed by atoms with E-state index in [1.807, 2.05) is 23.1 Å². The van der Waals surface area contributed by atoms with Crippen molar-refractivity contribution >= 4 is 29.2 Å². The summed E-state index contributed by atoms with van der Waals surface area (Å²) >= 11 is 0. The number of carbonyl (C=O) groups is 1. The minimum absolute atomic E-state index is 0.269. The second kappa shape index (κ2) is 7.91. The van der Waals surface area contributed by atoms with Crippen LogP contribution >= 0.6 is 0 Å². The summed E-state index contributed by atoms with van der Waals surface area (Å²) < 4.78 is 29.0. The molecule has 0 saturated carbocycles. The molecule has 0 radical (unpaired) electrons. The standard InChI is InChI=1S/C24H20F2N4O/c25-18-4-3-6-21-23(18)17(24(31)29-21)13-28-16-7-8-22(19(26)12-16)30-11-9-15(14-30)20-5-1-2-10-27-20/h1-8,10,12-13,15,17H,9,11,14H2,(H,29,31). The van der Waals surface area contributed by atoms with Crippen molar-refractivity contribution in [2.45, 2.75) is 18.3 Å². The molecule has 5 rings (SSSR count). The topological polar surface area (TPSA) is 57.6 Å². The van der Waals surface area contributed by atoms with E-state index in [9.17, 15) is 13.6 Å². The Hall–Kier alpha value is -3.61. The van der Waals surface area contributed by atoms with Crippen LogP contribution in [0.25, 0.3) is 0 Å². The van der Waals surface area contributed by atoms with Gasteiger partial charge in [0.05, 0.1) is 11.4 Å². The zero-order chi connectivity index (χ0) is 21.4. The summed E-state index contributed by atoms with van der Waals surface area (Å²) in [7, 11) is 0. The number of halogens is 2. The predicted octanol–water partition coefficient (Wildman–Crippen LogP) is 4.79. The van der Waals surface area contributed by atoms with Gasteiger partial charge in [-0.05, 0) is 42.8 Å². The van der Waals surface area contributed by atoms with E-state index in [1.165, 1.54) is 18.3 Å². The summed E-state index contributed by atoms with van der Waals surface area (Å²) in [5.41, 5.74) is 2.63. The normalized spacial score (nSPS) is 20.3. The number of rotatable bonds is 4. The Morgan fingerprint density at radius 1 is 1.10 bits per heavy atom. The van der Waals surface area contributed by atoms with Gasteiger partial charge in [0.15, 0.2) is 0 Å². The molecule has 1 amide bonds. The van der Waals surface area contributed by atoms with Gasteiger partial charge in [-0.3, -0.25) is 14.8 Å². The third kappa shape index (κ3) is 3.67. The lowest BCUT2D eigenvalue weighted by atomic mass is 10.0. The van der Waals surface area contributed by atoms with Crippen LogP contribution in [-0.2, 0) is 4.79 Å². The van der Waals surface area contributed by atoms with Crippen LogP contribution in [0, 0.1) is 11.6 Å². The van der Waals surface area contributed by atoms with Crippen molar-refractivity contribution in [3.05, 3.63) is 83.7 Å². The number of hydrogen-bond acceptors (Lipinski definition) is 4. The Bertz CT molecular complexity index is 1170. The number of nitrogens with one attached hydrogen (secondary N) is 1. The second-order valence-electron chi connectivity index (χ2n) is 7.77. The Morgan fingerprint density at radius 2 is 2.00 bits per heavy atom. The Morgan fingerprint density at radius 3 is 2.81 bits per heavy atom. The molecule has 1 saturated heterocycles. The lowest BCUT2D eigenvalue weighted by Gasteiger charge is -2.19. The Kier molecular flexibility index (Phi) is 4.94. The highest BCUT2D eigenvalue weighted by molar-refractivity contribution is 6.12. The lowest BCUT2D eigenvalue weighted by molar-refractivity contribution is -0.115. The first-order valence-electron chi connectivity index (χ1n) is 10.2. The minimum atomic E-state index is -0.836. The number of nitrogens with zero attached hydrogens (tertiary/aromatic N) is 3. The van der Waals surface area contributed by atoms with E-state index >= 15 is 0 Å². The first kappa shape index (κ1) is 19.4. The van der Waals surface area contributed by atoms with Gasteiger partial charge < -0.3 is 10.2 Å². The second-order valence-corrected chi connectivity index (χ2v) is 7.77. The summed E-state index contributed by atoms with van der Waals surface area (Å²) in [6.07, 6.45) is 4.06. The van der Waals surface area contributed by atoms with E-state index in [-0.39, 0.29) is 23.2 Å². The van der Waals surface area contributed by atoms with Crippen molar-refractivity contribution in [2.75, 3.05) is 23.3 Å². The van der Waals surface area contributed by atoms with Gasteiger partial charge in [-0.1, -0.05) is 12.1 Å². The molecule has 0 aliphatic carbocycles. The molecule has 1 N–H and O–H groups in total. The fourth-order valence-corrected chi connectivity index (χ4v) is 4.28. The average Bonchev–Trinajstić information content (AvgIpc) is 3.38. The van der Waals surface area contributed by atoms with Crippen molar-refractivity contribution < 1.29 is 13.6 Å². The molecule has 2 aliphatic heterocycles. The zero-order valence-corrected chi connectivity index (χ0v) is 16.6. The fourth-order valence-electron chi connectivity index (χ4n) is 4.28. The van der Waals surface area contributed by atoms with Crippen molar-refractivity contribution in [3.8, 4) is 0 Å². The van der Waals surface area contributed by atoms with Crippen molar-refractivity contribution in [1.82, 2.24) is 4.98 Å². The number of hydrogen-bond donors (Lipinski definition) is 1. The van der Waals surface area contributed by atoms with Crippen LogP contribution in [0.5, 0.6) is 0 Å². The highest BCUT2D eigenvalue weighted by atomic mass is 19.1. The summed E-state index contributed by atoms with van der Waals surface area (Å²) in [5, 5.41) is 2.64. The van der Waals surface area contributed by atoms with Gasteiger partial charge in [0.1, 0.15) is 17.6 Å². The molecule has 3 heterocycles. The van der Waals surface area contributed by atoms with Gasteiger partial charge in [-0.25, -0.2) is 8.78 Å². The average molecular weight is 418 g/mol. The zero-order valence-electron chi connectivity index (χ0n) is 16.6. The first-order chi connectivity index (χ1) is 15.1. The van der Waals surface area contributed by atoms with Crippen molar-refractivity contribution in [2.24, 2.45) is 4.99 Å². The number of fused-ring (bicyclic) bond motifs is 1. The smallest absolute Gasteiger partial charge is 0.237 e. The number of benzene rings is 2. The summed E-state index contributed by atoms with van der Waals surface area (Å²) in [6.45, 7) is 1.45. The number of aliphatic imine (C=N–C) groups is 1. The molecule has 1 aromatic heterocycles. The number of carbonyl (C=O) groups excluding carboxylic acids is 1. The van der Waals surface area contributed by atoms with Crippen LogP contribution in [0.15, 0.2) is 65.8 Å². The summed E-state index contributed by atoms with van der Waals surface area (Å²) in [6, 6.07) is 15.1. The molecule has 7 heteroatoms. The van der Waals surface area contributed by atoms with Gasteiger partial charge in [0, 0.05) is 54.4 Å². The highest BCUT2D eigenvalue weighted by Gasteiger charge is 2.32. The number of pyridine rings is 1. The van der Waals surface area contributed by atoms with E-state index in [2.05, 4.69) is 15.3 Å². The number of amides is 1. The predicted molar refractivity (Wildman–Crippen MR) is 116 cm³/mol. The highest BCUT2D eigenvalue weighted by Crippen LogP contribution is 2.35. The molecule has 156 valence electrons. The maximum atomic E-state index is 14.8. The molecule has 2 atom stereocenters. The first-order valence-corrected chi connectivity index (χ1v) is 10.2. The third-order valence-electron chi connectivity index (χ3n) is 5.84. The molecular weight excluding hydrogens is 398 g/mol. The molecule has 2 aromatic carbocycles. The maximum absolute atomic E-state index is 14.8. The van der Waals surface area contributed by atoms with Gasteiger partial charge in [0.2, 0.25) is 5.91 Å². The van der Waals surface area contributed by atoms with E-state index in [0.29, 0.717) is 23.6 Å². The largest absolute Gasteiger partial charge is 0.368 e. The molecule has 5 nitrogen and oxygen atoms in total. The minimum Gasteiger partial charge on any atom is -0.368 e. The van der Waals surface area contributed by atoms with Gasteiger partial charge in [-0.15, -0.1) is 0 Å². The molecule has 2 unspecified atom stereocenters. The molecule has 2 aliphatic rings. The molecule has 3 aromatic rings. The Labute approximate surface area is 178 Å². The van der Waals surface area contributed by atoms with Crippen LogP contribution < -0.4 is 10.2 Å². The van der Waals surface area contributed by atoms with Gasteiger partial charge in [-0.2, -0.15) is 0 Å². The van der Waals surface area contributed by atoms with Crippen molar-refractivity contribution in [3.63, 3.8) is 0 Å². The van der Waals surface area contributed by atoms with Crippen LogP contribution in [0.1, 0.15) is 29.5 Å². The monoisotopic (exact) mass is 418 g/mol. The van der Waals surface area contributed by atoms with E-state index in [1.54, 1.807) is 30.5 Å². The number of anilines is 2. The SMILES string of the molecule is O=C1Nc2cccc(F)c2C1C=Nc1ccc(N2CCC(c3ccccn3)C2)c(F)c1. The quantitative estimate of drug-likeness (QED) is 0.620. The Balaban J connectivity index is 1.32. The molecule has 0 spiro atoms. The third-order valence-corrected chi connectivity index (χ3v) is 5.84. The van der Waals surface area contributed by atoms with E-state index in [0.717, 1.165) is 18.7 Å². The van der Waals surface area contributed by atoms with Gasteiger partial charge >= 0.3 is 0 Å². The van der Waals surface area contributed by atoms with Crippen LogP contribution in [0.3, 0.4) is 0 Å². The number of aromatic nitrogens is 1. The van der Waals surface area contributed by atoms with Gasteiger partial charge in [0.25, 0.3) is 0 Å². The lowest BCUT2D eigenvalue weighted by Crippen LogP contribution is -2.20.